The maximum atomic E-state index is 9.78. The molecule has 1 fully saturated rings. The highest BCUT2D eigenvalue weighted by atomic mass is 16.3. The molecule has 1 unspecified atom stereocenters. The molecule has 1 atom stereocenters. The van der Waals surface area contributed by atoms with E-state index in [1.54, 1.807) is 6.07 Å². The maximum Gasteiger partial charge on any atom is 0.115 e. The predicted molar refractivity (Wildman–Crippen MR) is 80.7 cm³/mol. The summed E-state index contributed by atoms with van der Waals surface area (Å²) >= 11 is 0. The van der Waals surface area contributed by atoms with E-state index in [2.05, 4.69) is 24.8 Å². The third kappa shape index (κ3) is 3.30. The molecule has 1 aromatic carbocycles. The van der Waals surface area contributed by atoms with Crippen molar-refractivity contribution in [1.82, 2.24) is 4.90 Å². The highest BCUT2D eigenvalue weighted by Crippen LogP contribution is 2.37. The van der Waals surface area contributed by atoms with Gasteiger partial charge in [0.25, 0.3) is 0 Å². The molecule has 0 radical (unpaired) electrons. The monoisotopic (exact) mass is 261 g/mol. The molecule has 106 valence electrons. The lowest BCUT2D eigenvalue weighted by Crippen LogP contribution is -2.39. The lowest BCUT2D eigenvalue weighted by Gasteiger charge is -2.36. The number of rotatable bonds is 4. The van der Waals surface area contributed by atoms with Crippen LogP contribution in [0.4, 0.5) is 0 Å². The maximum absolute atomic E-state index is 9.78. The first-order chi connectivity index (χ1) is 9.20. The summed E-state index contributed by atoms with van der Waals surface area (Å²) in [5.41, 5.74) is 1.54. The van der Waals surface area contributed by atoms with Crippen molar-refractivity contribution < 1.29 is 5.11 Å². The summed E-state index contributed by atoms with van der Waals surface area (Å²) in [4.78, 5) is 2.61. The second-order valence-corrected chi connectivity index (χ2v) is 5.92. The van der Waals surface area contributed by atoms with Crippen LogP contribution < -0.4 is 0 Å². The quantitative estimate of drug-likeness (QED) is 0.887. The van der Waals surface area contributed by atoms with Crippen LogP contribution in [0.1, 0.15) is 51.5 Å². The van der Waals surface area contributed by atoms with Gasteiger partial charge in [-0.3, -0.25) is 0 Å². The summed E-state index contributed by atoms with van der Waals surface area (Å²) in [6, 6.07) is 7.92. The zero-order chi connectivity index (χ0) is 13.7. The first-order valence-electron chi connectivity index (χ1n) is 7.72. The van der Waals surface area contributed by atoms with Gasteiger partial charge in [0.2, 0.25) is 0 Å². The Bertz CT molecular complexity index is 404. The van der Waals surface area contributed by atoms with Crippen molar-refractivity contribution in [3.8, 4) is 5.75 Å². The van der Waals surface area contributed by atoms with E-state index in [-0.39, 0.29) is 5.41 Å². The van der Waals surface area contributed by atoms with E-state index in [0.29, 0.717) is 5.75 Å². The van der Waals surface area contributed by atoms with E-state index < -0.39 is 0 Å². The molecule has 0 amide bonds. The molecule has 1 N–H and O–H groups in total. The summed E-state index contributed by atoms with van der Waals surface area (Å²) in [6.45, 7) is 8.11. The van der Waals surface area contributed by atoms with Crippen molar-refractivity contribution in [2.45, 2.75) is 51.4 Å². The van der Waals surface area contributed by atoms with Gasteiger partial charge in [0.05, 0.1) is 0 Å². The van der Waals surface area contributed by atoms with Crippen LogP contribution in [0.25, 0.3) is 0 Å². The minimum absolute atomic E-state index is 0.227. The fourth-order valence-corrected chi connectivity index (χ4v) is 3.46. The lowest BCUT2D eigenvalue weighted by atomic mass is 9.74. The summed E-state index contributed by atoms with van der Waals surface area (Å²) in [5, 5.41) is 9.78. The molecule has 0 saturated carbocycles. The average molecular weight is 261 g/mol. The Morgan fingerprint density at radius 2 is 2.11 bits per heavy atom. The van der Waals surface area contributed by atoms with Crippen LogP contribution in [0.5, 0.6) is 5.75 Å². The van der Waals surface area contributed by atoms with Gasteiger partial charge in [0.1, 0.15) is 5.75 Å². The van der Waals surface area contributed by atoms with Crippen LogP contribution in [0.3, 0.4) is 0 Å². The number of phenols is 1. The number of nitrogens with zero attached hydrogens (tertiary/aromatic N) is 1. The molecule has 1 aliphatic rings. The molecule has 0 aliphatic carbocycles. The van der Waals surface area contributed by atoms with Crippen molar-refractivity contribution in [2.24, 2.45) is 0 Å². The Hall–Kier alpha value is -1.02. The van der Waals surface area contributed by atoms with Gasteiger partial charge in [-0.25, -0.2) is 0 Å². The second-order valence-electron chi connectivity index (χ2n) is 5.92. The van der Waals surface area contributed by atoms with E-state index in [4.69, 9.17) is 0 Å². The van der Waals surface area contributed by atoms with Gasteiger partial charge in [0, 0.05) is 12.0 Å². The fraction of sp³-hybridized carbons (Fsp3) is 0.647. The summed E-state index contributed by atoms with van der Waals surface area (Å²) in [5.74, 6) is 0.400. The first-order valence-corrected chi connectivity index (χ1v) is 7.72. The molecule has 2 nitrogen and oxygen atoms in total. The Labute approximate surface area is 117 Å². The Balaban J connectivity index is 2.28. The Morgan fingerprint density at radius 1 is 1.26 bits per heavy atom. The molecule has 1 heterocycles. The SMILES string of the molecule is CCCN1CCCCC(CC)(c2cccc(O)c2)C1. The molecule has 19 heavy (non-hydrogen) atoms. The van der Waals surface area contributed by atoms with Crippen LogP contribution in [0.2, 0.25) is 0 Å². The van der Waals surface area contributed by atoms with Crippen LogP contribution in [-0.4, -0.2) is 29.6 Å². The summed E-state index contributed by atoms with van der Waals surface area (Å²) in [7, 11) is 0. The van der Waals surface area contributed by atoms with Crippen molar-refractivity contribution in [3.63, 3.8) is 0 Å². The van der Waals surface area contributed by atoms with Gasteiger partial charge in [-0.1, -0.05) is 32.4 Å². The zero-order valence-electron chi connectivity index (χ0n) is 12.4. The van der Waals surface area contributed by atoms with E-state index >= 15 is 0 Å². The Morgan fingerprint density at radius 3 is 2.79 bits per heavy atom. The van der Waals surface area contributed by atoms with Crippen LogP contribution in [0, 0.1) is 0 Å². The van der Waals surface area contributed by atoms with Gasteiger partial charge in [-0.15, -0.1) is 0 Å². The predicted octanol–water partition coefficient (Wildman–Crippen LogP) is 3.94. The molecule has 1 aromatic rings. The number of aromatic hydroxyl groups is 1. The molecular weight excluding hydrogens is 234 g/mol. The van der Waals surface area contributed by atoms with Crippen LogP contribution in [0.15, 0.2) is 24.3 Å². The fourth-order valence-electron chi connectivity index (χ4n) is 3.46. The van der Waals surface area contributed by atoms with Crippen molar-refractivity contribution in [2.75, 3.05) is 19.6 Å². The number of phenolic OH excluding ortho intramolecular Hbond substituents is 1. The molecule has 0 bridgehead atoms. The molecule has 2 heteroatoms. The molecular formula is C17H27NO. The van der Waals surface area contributed by atoms with Gasteiger partial charge >= 0.3 is 0 Å². The molecule has 0 aromatic heterocycles. The van der Waals surface area contributed by atoms with Gasteiger partial charge in [-0.05, 0) is 56.5 Å². The Kier molecular flexibility index (Phi) is 4.87. The van der Waals surface area contributed by atoms with Crippen molar-refractivity contribution in [3.05, 3.63) is 29.8 Å². The van der Waals surface area contributed by atoms with Gasteiger partial charge < -0.3 is 10.0 Å². The normalized spacial score (nSPS) is 25.2. The lowest BCUT2D eigenvalue weighted by molar-refractivity contribution is 0.218. The third-order valence-electron chi connectivity index (χ3n) is 4.58. The zero-order valence-corrected chi connectivity index (χ0v) is 12.4. The average Bonchev–Trinajstić information content (AvgIpc) is 2.62. The minimum atomic E-state index is 0.227. The highest BCUT2D eigenvalue weighted by Gasteiger charge is 2.33. The van der Waals surface area contributed by atoms with Gasteiger partial charge in [-0.2, -0.15) is 0 Å². The molecule has 1 saturated heterocycles. The van der Waals surface area contributed by atoms with E-state index in [1.165, 1.54) is 44.3 Å². The summed E-state index contributed by atoms with van der Waals surface area (Å²) < 4.78 is 0. The highest BCUT2D eigenvalue weighted by molar-refractivity contribution is 5.33. The molecule has 0 spiro atoms. The van der Waals surface area contributed by atoms with Crippen molar-refractivity contribution in [1.29, 1.82) is 0 Å². The largest absolute Gasteiger partial charge is 0.508 e. The summed E-state index contributed by atoms with van der Waals surface area (Å²) in [6.07, 6.45) is 6.22. The van der Waals surface area contributed by atoms with Crippen LogP contribution >= 0.6 is 0 Å². The van der Waals surface area contributed by atoms with Gasteiger partial charge in [0.15, 0.2) is 0 Å². The number of hydrogen-bond donors (Lipinski definition) is 1. The molecule has 2 rings (SSSR count). The number of benzene rings is 1. The third-order valence-corrected chi connectivity index (χ3v) is 4.58. The minimum Gasteiger partial charge on any atom is -0.508 e. The standard InChI is InChI=1S/C17H27NO/c1-3-11-18-12-6-5-10-17(4-2,14-18)15-8-7-9-16(19)13-15/h7-9,13,19H,3-6,10-12,14H2,1-2H3. The number of likely N-dealkylation sites (tertiary alicyclic amines) is 1. The number of hydrogen-bond acceptors (Lipinski definition) is 2. The van der Waals surface area contributed by atoms with E-state index in [9.17, 15) is 5.11 Å². The van der Waals surface area contributed by atoms with Crippen molar-refractivity contribution >= 4 is 0 Å². The topological polar surface area (TPSA) is 23.5 Å². The smallest absolute Gasteiger partial charge is 0.115 e. The molecule has 1 aliphatic heterocycles. The van der Waals surface area contributed by atoms with E-state index in [0.717, 1.165) is 13.0 Å². The first kappa shape index (κ1) is 14.4. The van der Waals surface area contributed by atoms with E-state index in [1.807, 2.05) is 12.1 Å². The van der Waals surface area contributed by atoms with Crippen LogP contribution in [-0.2, 0) is 5.41 Å². The second kappa shape index (κ2) is 6.42.